The zero-order valence-electron chi connectivity index (χ0n) is 12.0. The highest BCUT2D eigenvalue weighted by molar-refractivity contribution is 7.12. The Morgan fingerprint density at radius 2 is 2.33 bits per heavy atom. The molecule has 1 amide bonds. The van der Waals surface area contributed by atoms with E-state index in [0.29, 0.717) is 37.9 Å². The summed E-state index contributed by atoms with van der Waals surface area (Å²) in [5.74, 6) is 1.08. The van der Waals surface area contributed by atoms with Crippen molar-refractivity contribution in [2.45, 2.75) is 26.3 Å². The van der Waals surface area contributed by atoms with Gasteiger partial charge in [-0.1, -0.05) is 5.16 Å². The number of hydrogen-bond donors (Lipinski definition) is 0. The van der Waals surface area contributed by atoms with Crippen molar-refractivity contribution in [3.8, 4) is 0 Å². The molecule has 0 aromatic carbocycles. The molecule has 0 saturated carbocycles. The molecule has 112 valence electrons. The number of thiophene rings is 1. The monoisotopic (exact) mass is 307 g/mol. The number of nitrogens with zero attached hydrogens (tertiary/aromatic N) is 3. The van der Waals surface area contributed by atoms with Crippen LogP contribution >= 0.6 is 11.3 Å². The lowest BCUT2D eigenvalue weighted by Crippen LogP contribution is -2.44. The first-order chi connectivity index (χ1) is 10.1. The Morgan fingerprint density at radius 1 is 1.48 bits per heavy atom. The zero-order valence-corrected chi connectivity index (χ0v) is 12.9. The van der Waals surface area contributed by atoms with Gasteiger partial charge in [-0.2, -0.15) is 4.98 Å². The molecular formula is C14H17N3O3S. The predicted molar refractivity (Wildman–Crippen MR) is 77.1 cm³/mol. The average Bonchev–Trinajstić information content (AvgIpc) is 3.07. The van der Waals surface area contributed by atoms with Crippen molar-refractivity contribution in [3.05, 3.63) is 33.6 Å². The lowest BCUT2D eigenvalue weighted by molar-refractivity contribution is -0.140. The molecule has 0 unspecified atom stereocenters. The van der Waals surface area contributed by atoms with Crippen LogP contribution in [0.25, 0.3) is 0 Å². The molecule has 1 fully saturated rings. The summed E-state index contributed by atoms with van der Waals surface area (Å²) >= 11 is 1.65. The number of aryl methyl sites for hydroxylation is 2. The largest absolute Gasteiger partial charge is 0.377 e. The van der Waals surface area contributed by atoms with Gasteiger partial charge in [0.15, 0.2) is 5.82 Å². The van der Waals surface area contributed by atoms with E-state index in [0.717, 1.165) is 4.88 Å². The molecule has 1 aliphatic heterocycles. The maximum absolute atomic E-state index is 12.6. The van der Waals surface area contributed by atoms with E-state index >= 15 is 0 Å². The van der Waals surface area contributed by atoms with Gasteiger partial charge in [0, 0.05) is 16.3 Å². The minimum Gasteiger partial charge on any atom is -0.377 e. The van der Waals surface area contributed by atoms with Crippen molar-refractivity contribution in [1.29, 1.82) is 0 Å². The Hall–Kier alpha value is -1.73. The minimum absolute atomic E-state index is 0.0704. The number of amides is 1. The summed E-state index contributed by atoms with van der Waals surface area (Å²) in [5.41, 5.74) is 0. The highest BCUT2D eigenvalue weighted by atomic mass is 32.1. The molecule has 0 spiro atoms. The minimum atomic E-state index is -0.284. The molecule has 3 rings (SSSR count). The molecule has 3 heterocycles. The summed E-state index contributed by atoms with van der Waals surface area (Å²) in [6.45, 7) is 5.29. The molecule has 0 N–H and O–H groups in total. The molecule has 21 heavy (non-hydrogen) atoms. The lowest BCUT2D eigenvalue weighted by Gasteiger charge is -2.33. The highest BCUT2D eigenvalue weighted by Crippen LogP contribution is 2.25. The average molecular weight is 307 g/mol. The maximum Gasteiger partial charge on any atom is 0.251 e. The molecule has 0 aliphatic carbocycles. The van der Waals surface area contributed by atoms with Gasteiger partial charge in [0.1, 0.15) is 6.04 Å². The van der Waals surface area contributed by atoms with Gasteiger partial charge in [-0.05, 0) is 26.0 Å². The fourth-order valence-corrected chi connectivity index (χ4v) is 3.27. The van der Waals surface area contributed by atoms with Crippen molar-refractivity contribution in [1.82, 2.24) is 15.0 Å². The number of ether oxygens (including phenoxy) is 1. The van der Waals surface area contributed by atoms with Crippen LogP contribution in [-0.4, -0.2) is 40.7 Å². The SMILES string of the molecule is Cc1noc([C@@H]2COCCN2C(=O)Cc2ccc(C)s2)n1. The van der Waals surface area contributed by atoms with E-state index in [1.165, 1.54) is 4.88 Å². The van der Waals surface area contributed by atoms with E-state index in [-0.39, 0.29) is 11.9 Å². The predicted octanol–water partition coefficient (Wildman–Crippen LogP) is 1.89. The number of aromatic nitrogens is 2. The first-order valence-corrected chi connectivity index (χ1v) is 7.68. The fraction of sp³-hybridized carbons (Fsp3) is 0.500. The van der Waals surface area contributed by atoms with Gasteiger partial charge in [0.2, 0.25) is 5.91 Å². The number of carbonyl (C=O) groups is 1. The van der Waals surface area contributed by atoms with E-state index < -0.39 is 0 Å². The molecule has 7 heteroatoms. The van der Waals surface area contributed by atoms with E-state index in [2.05, 4.69) is 10.1 Å². The summed E-state index contributed by atoms with van der Waals surface area (Å²) < 4.78 is 10.7. The van der Waals surface area contributed by atoms with Crippen LogP contribution in [0.4, 0.5) is 0 Å². The van der Waals surface area contributed by atoms with E-state index in [4.69, 9.17) is 9.26 Å². The first kappa shape index (κ1) is 14.2. The topological polar surface area (TPSA) is 68.5 Å². The van der Waals surface area contributed by atoms with E-state index in [9.17, 15) is 4.79 Å². The standard InChI is InChI=1S/C14H17N3O3S/c1-9-3-4-11(21-9)7-13(18)17-5-6-19-8-12(17)14-15-10(2)16-20-14/h3-4,12H,5-8H2,1-2H3/t12-/m0/s1. The Morgan fingerprint density at radius 3 is 3.00 bits per heavy atom. The van der Waals surface area contributed by atoms with Crippen LogP contribution in [0.2, 0.25) is 0 Å². The molecule has 1 saturated heterocycles. The van der Waals surface area contributed by atoms with E-state index in [1.54, 1.807) is 23.2 Å². The Kier molecular flexibility index (Phi) is 4.03. The normalized spacial score (nSPS) is 19.0. The van der Waals surface area contributed by atoms with Crippen LogP contribution < -0.4 is 0 Å². The second kappa shape index (κ2) is 5.95. The van der Waals surface area contributed by atoms with Crippen LogP contribution in [0.15, 0.2) is 16.7 Å². The molecule has 1 aliphatic rings. The third-order valence-corrected chi connectivity index (χ3v) is 4.40. The third-order valence-electron chi connectivity index (χ3n) is 3.40. The second-order valence-electron chi connectivity index (χ2n) is 5.05. The van der Waals surface area contributed by atoms with Gasteiger partial charge in [-0.15, -0.1) is 11.3 Å². The molecule has 2 aromatic heterocycles. The number of morpholine rings is 1. The Bertz CT molecular complexity index is 637. The molecule has 1 atom stereocenters. The van der Waals surface area contributed by atoms with Crippen molar-refractivity contribution in [2.24, 2.45) is 0 Å². The van der Waals surface area contributed by atoms with Crippen LogP contribution in [0.1, 0.15) is 27.5 Å². The first-order valence-electron chi connectivity index (χ1n) is 6.86. The Labute approximate surface area is 126 Å². The van der Waals surface area contributed by atoms with Gasteiger partial charge in [0.25, 0.3) is 5.89 Å². The second-order valence-corrected chi connectivity index (χ2v) is 6.42. The van der Waals surface area contributed by atoms with Crippen molar-refractivity contribution >= 4 is 17.2 Å². The molecule has 0 radical (unpaired) electrons. The molecule has 2 aromatic rings. The third kappa shape index (κ3) is 3.14. The number of hydrogen-bond acceptors (Lipinski definition) is 6. The fourth-order valence-electron chi connectivity index (χ4n) is 2.39. The maximum atomic E-state index is 12.6. The van der Waals surface area contributed by atoms with Gasteiger partial charge in [-0.3, -0.25) is 4.79 Å². The van der Waals surface area contributed by atoms with Gasteiger partial charge >= 0.3 is 0 Å². The summed E-state index contributed by atoms with van der Waals surface area (Å²) in [4.78, 5) is 20.9. The summed E-state index contributed by atoms with van der Waals surface area (Å²) in [7, 11) is 0. The summed E-state index contributed by atoms with van der Waals surface area (Å²) in [6.07, 6.45) is 0.405. The zero-order chi connectivity index (χ0) is 14.8. The van der Waals surface area contributed by atoms with Crippen molar-refractivity contribution in [2.75, 3.05) is 19.8 Å². The van der Waals surface area contributed by atoms with Crippen molar-refractivity contribution in [3.63, 3.8) is 0 Å². The molecule has 0 bridgehead atoms. The van der Waals surface area contributed by atoms with Crippen LogP contribution in [-0.2, 0) is 16.0 Å². The van der Waals surface area contributed by atoms with Crippen LogP contribution in [0.3, 0.4) is 0 Å². The van der Waals surface area contributed by atoms with Crippen LogP contribution in [0.5, 0.6) is 0 Å². The number of rotatable bonds is 3. The van der Waals surface area contributed by atoms with Gasteiger partial charge < -0.3 is 14.2 Å². The van der Waals surface area contributed by atoms with Gasteiger partial charge in [0.05, 0.1) is 19.6 Å². The van der Waals surface area contributed by atoms with Crippen molar-refractivity contribution < 1.29 is 14.1 Å². The lowest BCUT2D eigenvalue weighted by atomic mass is 10.2. The summed E-state index contributed by atoms with van der Waals surface area (Å²) in [6, 6.07) is 3.75. The number of carbonyl (C=O) groups excluding carboxylic acids is 1. The van der Waals surface area contributed by atoms with E-state index in [1.807, 2.05) is 19.1 Å². The summed E-state index contributed by atoms with van der Waals surface area (Å²) in [5, 5.41) is 3.80. The quantitative estimate of drug-likeness (QED) is 0.866. The Balaban J connectivity index is 1.75. The van der Waals surface area contributed by atoms with Gasteiger partial charge in [-0.25, -0.2) is 0 Å². The highest BCUT2D eigenvalue weighted by Gasteiger charge is 2.32. The van der Waals surface area contributed by atoms with Crippen LogP contribution in [0, 0.1) is 13.8 Å². The molecule has 6 nitrogen and oxygen atoms in total. The smallest absolute Gasteiger partial charge is 0.251 e. The molecular weight excluding hydrogens is 290 g/mol.